The van der Waals surface area contributed by atoms with Gasteiger partial charge in [-0.3, -0.25) is 9.59 Å². The lowest BCUT2D eigenvalue weighted by molar-refractivity contribution is -0.120. The molecule has 1 aliphatic heterocycles. The number of halogens is 1. The molecule has 2 aromatic carbocycles. The van der Waals surface area contributed by atoms with Crippen molar-refractivity contribution in [2.24, 2.45) is 5.73 Å². The van der Waals surface area contributed by atoms with E-state index in [0.717, 1.165) is 0 Å². The lowest BCUT2D eigenvalue weighted by Crippen LogP contribution is -2.25. The minimum Gasteiger partial charge on any atom is -0.493 e. The molecule has 10 heteroatoms. The number of methoxy groups -OCH3 is 1. The number of fused-ring (bicyclic) bond motifs is 1. The number of carbonyl (C=O) groups excluding carboxylic acids is 2. The summed E-state index contributed by atoms with van der Waals surface area (Å²) in [6.45, 7) is -0.332. The second-order valence-electron chi connectivity index (χ2n) is 7.42. The number of primary amides is 1. The molecule has 1 aliphatic rings. The quantitative estimate of drug-likeness (QED) is 0.504. The third-order valence-electron chi connectivity index (χ3n) is 5.32. The number of aromatic carboxylic acids is 1. The zero-order valence-electron chi connectivity index (χ0n) is 17.5. The Morgan fingerprint density at radius 2 is 1.94 bits per heavy atom. The standard InChI is InChI=1S/C23H20FN3O6/c1-32-18-8-12(2-7-17(18)33-11-19(25)28)15-9-20(29)26-21-16(23(30)31)10-27(22(15)21)14-5-3-13(24)4-6-14/h2-8,10,15H,9,11H2,1H3,(H2,25,28)(H,26,29)(H,30,31)/t15-/m0/s1. The van der Waals surface area contributed by atoms with Crippen LogP contribution in [0.2, 0.25) is 0 Å². The maximum Gasteiger partial charge on any atom is 0.339 e. The molecule has 0 fully saturated rings. The van der Waals surface area contributed by atoms with Gasteiger partial charge in [0.2, 0.25) is 5.91 Å². The highest BCUT2D eigenvalue weighted by Gasteiger charge is 2.34. The van der Waals surface area contributed by atoms with Crippen molar-refractivity contribution < 1.29 is 33.4 Å². The Kier molecular flexibility index (Phi) is 5.74. The molecular formula is C23H20FN3O6. The van der Waals surface area contributed by atoms with Crippen LogP contribution in [0.1, 0.15) is 34.0 Å². The van der Waals surface area contributed by atoms with Gasteiger partial charge in [0.15, 0.2) is 18.1 Å². The number of nitrogens with one attached hydrogen (secondary N) is 1. The van der Waals surface area contributed by atoms with Crippen LogP contribution in [0.15, 0.2) is 48.7 Å². The van der Waals surface area contributed by atoms with E-state index in [9.17, 15) is 23.9 Å². The average Bonchev–Trinajstić information content (AvgIpc) is 3.17. The van der Waals surface area contributed by atoms with Gasteiger partial charge in [-0.15, -0.1) is 0 Å². The molecule has 33 heavy (non-hydrogen) atoms. The molecular weight excluding hydrogens is 433 g/mol. The zero-order chi connectivity index (χ0) is 23.7. The molecule has 0 saturated heterocycles. The number of aromatic nitrogens is 1. The van der Waals surface area contributed by atoms with Crippen molar-refractivity contribution in [3.05, 3.63) is 71.3 Å². The molecule has 4 N–H and O–H groups in total. The first-order valence-electron chi connectivity index (χ1n) is 9.92. The number of hydrogen-bond acceptors (Lipinski definition) is 5. The van der Waals surface area contributed by atoms with Gasteiger partial charge in [-0.1, -0.05) is 6.07 Å². The highest BCUT2D eigenvalue weighted by Crippen LogP contribution is 2.43. The summed E-state index contributed by atoms with van der Waals surface area (Å²) < 4.78 is 25.9. The van der Waals surface area contributed by atoms with E-state index in [4.69, 9.17) is 15.2 Å². The Morgan fingerprint density at radius 3 is 2.58 bits per heavy atom. The lowest BCUT2D eigenvalue weighted by Gasteiger charge is -2.26. The molecule has 0 spiro atoms. The van der Waals surface area contributed by atoms with Crippen LogP contribution in [-0.4, -0.2) is 41.2 Å². The molecule has 2 heterocycles. The van der Waals surface area contributed by atoms with Crippen molar-refractivity contribution in [3.63, 3.8) is 0 Å². The third kappa shape index (κ3) is 4.22. The topological polar surface area (TPSA) is 133 Å². The zero-order valence-corrected chi connectivity index (χ0v) is 17.5. The Morgan fingerprint density at radius 1 is 1.21 bits per heavy atom. The summed E-state index contributed by atoms with van der Waals surface area (Å²) in [6.07, 6.45) is 1.45. The van der Waals surface area contributed by atoms with E-state index >= 15 is 0 Å². The lowest BCUT2D eigenvalue weighted by atomic mass is 9.88. The summed E-state index contributed by atoms with van der Waals surface area (Å²) >= 11 is 0. The summed E-state index contributed by atoms with van der Waals surface area (Å²) in [5, 5.41) is 12.4. The monoisotopic (exact) mass is 453 g/mol. The largest absolute Gasteiger partial charge is 0.493 e. The highest BCUT2D eigenvalue weighted by molar-refractivity contribution is 6.04. The number of anilines is 1. The van der Waals surface area contributed by atoms with Crippen LogP contribution < -0.4 is 20.5 Å². The van der Waals surface area contributed by atoms with Crippen LogP contribution in [-0.2, 0) is 9.59 Å². The highest BCUT2D eigenvalue weighted by atomic mass is 19.1. The number of nitrogens with zero attached hydrogens (tertiary/aromatic N) is 1. The van der Waals surface area contributed by atoms with Gasteiger partial charge in [0.05, 0.1) is 18.5 Å². The summed E-state index contributed by atoms with van der Waals surface area (Å²) in [5.74, 6) is -2.56. The molecule has 1 atom stereocenters. The SMILES string of the molecule is COc1cc([C@@H]2CC(=O)Nc3c(C(=O)O)cn(-c4ccc(F)cc4)c32)ccc1OCC(N)=O. The van der Waals surface area contributed by atoms with E-state index in [-0.39, 0.29) is 30.2 Å². The molecule has 0 aliphatic carbocycles. The fraction of sp³-hybridized carbons (Fsp3) is 0.174. The van der Waals surface area contributed by atoms with Crippen molar-refractivity contribution in [3.8, 4) is 17.2 Å². The Bertz CT molecular complexity index is 1250. The summed E-state index contributed by atoms with van der Waals surface area (Å²) in [5.41, 5.74) is 6.96. The smallest absolute Gasteiger partial charge is 0.339 e. The molecule has 4 rings (SSSR count). The van der Waals surface area contributed by atoms with Crippen molar-refractivity contribution in [1.82, 2.24) is 4.57 Å². The summed E-state index contributed by atoms with van der Waals surface area (Å²) in [6, 6.07) is 10.5. The van der Waals surface area contributed by atoms with Crippen LogP contribution >= 0.6 is 0 Å². The van der Waals surface area contributed by atoms with Gasteiger partial charge < -0.3 is 30.2 Å². The number of carboxylic acids is 1. The number of hydrogen-bond donors (Lipinski definition) is 3. The predicted octanol–water partition coefficient (Wildman–Crippen LogP) is 2.66. The van der Waals surface area contributed by atoms with E-state index in [1.54, 1.807) is 22.8 Å². The number of amides is 2. The van der Waals surface area contributed by atoms with E-state index in [0.29, 0.717) is 28.4 Å². The van der Waals surface area contributed by atoms with Gasteiger partial charge in [0.25, 0.3) is 5.91 Å². The Balaban J connectivity index is 1.85. The number of nitrogens with two attached hydrogens (primary N) is 1. The fourth-order valence-electron chi connectivity index (χ4n) is 3.89. The maximum absolute atomic E-state index is 13.5. The second-order valence-corrected chi connectivity index (χ2v) is 7.42. The van der Waals surface area contributed by atoms with Gasteiger partial charge in [0, 0.05) is 24.2 Å². The predicted molar refractivity (Wildman–Crippen MR) is 115 cm³/mol. The number of ether oxygens (including phenoxy) is 2. The molecule has 0 unspecified atom stereocenters. The van der Waals surface area contributed by atoms with Crippen LogP contribution in [0.5, 0.6) is 11.5 Å². The van der Waals surface area contributed by atoms with Crippen molar-refractivity contribution in [2.45, 2.75) is 12.3 Å². The van der Waals surface area contributed by atoms with E-state index < -0.39 is 23.6 Å². The molecule has 0 radical (unpaired) electrons. The summed E-state index contributed by atoms with van der Waals surface area (Å²) in [4.78, 5) is 35.4. The van der Waals surface area contributed by atoms with Gasteiger partial charge >= 0.3 is 5.97 Å². The third-order valence-corrected chi connectivity index (χ3v) is 5.32. The Hall–Kier alpha value is -4.34. The van der Waals surface area contributed by atoms with Crippen molar-refractivity contribution in [1.29, 1.82) is 0 Å². The Labute approximate surface area is 187 Å². The normalized spacial score (nSPS) is 14.8. The molecule has 170 valence electrons. The van der Waals surface area contributed by atoms with Gasteiger partial charge in [0.1, 0.15) is 11.4 Å². The van der Waals surface area contributed by atoms with E-state index in [1.165, 1.54) is 37.6 Å². The first-order chi connectivity index (χ1) is 15.8. The number of benzene rings is 2. The van der Waals surface area contributed by atoms with Crippen LogP contribution in [0.3, 0.4) is 0 Å². The van der Waals surface area contributed by atoms with Crippen LogP contribution in [0.4, 0.5) is 10.1 Å². The van der Waals surface area contributed by atoms with E-state index in [1.807, 2.05) is 0 Å². The summed E-state index contributed by atoms with van der Waals surface area (Å²) in [7, 11) is 1.43. The van der Waals surface area contributed by atoms with Crippen molar-refractivity contribution in [2.75, 3.05) is 19.0 Å². The average molecular weight is 453 g/mol. The minimum absolute atomic E-state index is 0.0436. The second kappa shape index (κ2) is 8.65. The van der Waals surface area contributed by atoms with Gasteiger partial charge in [-0.2, -0.15) is 0 Å². The first-order valence-corrected chi connectivity index (χ1v) is 9.92. The van der Waals surface area contributed by atoms with Crippen LogP contribution in [0, 0.1) is 5.82 Å². The first kappa shape index (κ1) is 21.9. The maximum atomic E-state index is 13.5. The van der Waals surface area contributed by atoms with Crippen LogP contribution in [0.25, 0.3) is 5.69 Å². The number of carboxylic acid groups (broad SMARTS) is 1. The van der Waals surface area contributed by atoms with Crippen molar-refractivity contribution >= 4 is 23.5 Å². The molecule has 2 amide bonds. The molecule has 0 bridgehead atoms. The molecule has 0 saturated carbocycles. The van der Waals surface area contributed by atoms with Gasteiger partial charge in [-0.25, -0.2) is 9.18 Å². The van der Waals surface area contributed by atoms with Gasteiger partial charge in [-0.05, 0) is 42.0 Å². The fourth-order valence-corrected chi connectivity index (χ4v) is 3.89. The number of rotatable bonds is 7. The molecule has 3 aromatic rings. The number of carbonyl (C=O) groups is 3. The molecule has 9 nitrogen and oxygen atoms in total. The van der Waals surface area contributed by atoms with E-state index in [2.05, 4.69) is 5.32 Å². The minimum atomic E-state index is -1.21. The molecule has 1 aromatic heterocycles.